The van der Waals surface area contributed by atoms with E-state index in [1.165, 1.54) is 5.56 Å². The zero-order chi connectivity index (χ0) is 16.3. The molecular weight excluding hydrogens is 344 g/mol. The predicted molar refractivity (Wildman–Crippen MR) is 106 cm³/mol. The molecule has 0 saturated carbocycles. The van der Waals surface area contributed by atoms with Gasteiger partial charge in [0, 0.05) is 0 Å². The average Bonchev–Trinajstić information content (AvgIpc) is 2.56. The maximum absolute atomic E-state index is 11.0. The molecule has 0 aromatic heterocycles. The van der Waals surface area contributed by atoms with Gasteiger partial charge in [0.2, 0.25) is 0 Å². The van der Waals surface area contributed by atoms with E-state index >= 15 is 0 Å². The summed E-state index contributed by atoms with van der Waals surface area (Å²) in [4.78, 5) is 0. The summed E-state index contributed by atoms with van der Waals surface area (Å²) in [6, 6.07) is 17.7. The van der Waals surface area contributed by atoms with Crippen LogP contribution in [0, 0.1) is 0 Å². The van der Waals surface area contributed by atoms with E-state index in [1.54, 1.807) is 4.31 Å². The lowest BCUT2D eigenvalue weighted by molar-refractivity contribution is 0.454. The van der Waals surface area contributed by atoms with Crippen LogP contribution in [0.1, 0.15) is 18.4 Å². The lowest BCUT2D eigenvalue weighted by Crippen LogP contribution is -2.37. The van der Waals surface area contributed by atoms with Crippen LogP contribution in [0.3, 0.4) is 0 Å². The van der Waals surface area contributed by atoms with Crippen molar-refractivity contribution in [1.82, 2.24) is 5.32 Å². The van der Waals surface area contributed by atoms with Crippen LogP contribution in [-0.2, 0) is 6.42 Å². The van der Waals surface area contributed by atoms with Crippen LogP contribution in [-0.4, -0.2) is 27.9 Å². The van der Waals surface area contributed by atoms with Gasteiger partial charge in [-0.25, -0.2) is 4.31 Å². The van der Waals surface area contributed by atoms with Gasteiger partial charge in [0.15, 0.2) is 0 Å². The molecule has 132 valence electrons. The van der Waals surface area contributed by atoms with E-state index in [0.717, 1.165) is 30.8 Å². The van der Waals surface area contributed by atoms with Crippen molar-refractivity contribution in [3.63, 3.8) is 0 Å². The first-order valence-corrected chi connectivity index (χ1v) is 9.56. The van der Waals surface area contributed by atoms with E-state index < -0.39 is 10.8 Å². The molecule has 1 heterocycles. The summed E-state index contributed by atoms with van der Waals surface area (Å²) in [5.74, 6) is 0. The third-order valence-corrected chi connectivity index (χ3v) is 6.56. The van der Waals surface area contributed by atoms with Crippen LogP contribution in [0.5, 0.6) is 0 Å². The molecule has 24 heavy (non-hydrogen) atoms. The van der Waals surface area contributed by atoms with E-state index in [0.29, 0.717) is 6.42 Å². The van der Waals surface area contributed by atoms with Gasteiger partial charge in [-0.3, -0.25) is 9.11 Å². The number of fused-ring (bicyclic) bond motifs is 1. The highest BCUT2D eigenvalue weighted by Crippen LogP contribution is 2.60. The minimum absolute atomic E-state index is 0. The van der Waals surface area contributed by atoms with E-state index in [4.69, 9.17) is 0 Å². The third kappa shape index (κ3) is 3.71. The molecule has 0 unspecified atom stereocenters. The van der Waals surface area contributed by atoms with Crippen molar-refractivity contribution in [3.05, 3.63) is 60.2 Å². The van der Waals surface area contributed by atoms with Gasteiger partial charge in [-0.2, -0.15) is 0 Å². The molecule has 1 atom stereocenters. The summed E-state index contributed by atoms with van der Waals surface area (Å²) in [6.45, 7) is 0.888. The Balaban J connectivity index is 0.00000208. The zero-order valence-electron chi connectivity index (χ0n) is 13.8. The Morgan fingerprint density at radius 3 is 2.46 bits per heavy atom. The van der Waals surface area contributed by atoms with Gasteiger partial charge in [-0.15, -0.1) is 23.2 Å². The molecule has 2 aromatic rings. The van der Waals surface area contributed by atoms with Gasteiger partial charge in [0.05, 0.1) is 16.6 Å². The number of nitrogens with zero attached hydrogens (tertiary/aromatic N) is 1. The Labute approximate surface area is 151 Å². The Morgan fingerprint density at radius 2 is 1.75 bits per heavy atom. The molecule has 3 rings (SSSR count). The lowest BCUT2D eigenvalue weighted by atomic mass is 10.0. The number of benzene rings is 2. The van der Waals surface area contributed by atoms with Crippen molar-refractivity contribution in [2.45, 2.75) is 24.5 Å². The van der Waals surface area contributed by atoms with Crippen LogP contribution in [0.25, 0.3) is 0 Å². The molecule has 0 spiro atoms. The van der Waals surface area contributed by atoms with E-state index in [2.05, 4.69) is 11.4 Å². The second kappa shape index (κ2) is 8.23. The van der Waals surface area contributed by atoms with Crippen molar-refractivity contribution < 1.29 is 9.11 Å². The minimum Gasteiger partial charge on any atom is -0.320 e. The predicted octanol–water partition coefficient (Wildman–Crippen LogP) is 4.84. The number of hydrogen-bond donors (Lipinski definition) is 3. The number of hydrogen-bond acceptors (Lipinski definition) is 4. The van der Waals surface area contributed by atoms with Crippen LogP contribution in [0.2, 0.25) is 0 Å². The van der Waals surface area contributed by atoms with Gasteiger partial charge >= 0.3 is 0 Å². The van der Waals surface area contributed by atoms with Crippen LogP contribution < -0.4 is 9.62 Å². The van der Waals surface area contributed by atoms with E-state index in [-0.39, 0.29) is 17.7 Å². The minimum atomic E-state index is -2.91. The summed E-state index contributed by atoms with van der Waals surface area (Å²) >= 11 is 0. The highest BCUT2D eigenvalue weighted by molar-refractivity contribution is 8.26. The van der Waals surface area contributed by atoms with Gasteiger partial charge in [0.25, 0.3) is 0 Å². The fourth-order valence-corrected chi connectivity index (χ4v) is 5.24. The molecule has 2 aromatic carbocycles. The standard InChI is InChI=1S/C18H24N2O2S.ClH/c1-19-13-7-11-17-14-15-8-5-6-12-18(15)20(23(17,21)22)16-9-3-2-4-10-16;/h2-6,8-10,12,17,19,21-22H,7,11,13-14H2,1H3;1H/t17-;/m0./s1. The Kier molecular flexibility index (Phi) is 6.54. The van der Waals surface area contributed by atoms with Crippen molar-refractivity contribution in [3.8, 4) is 0 Å². The fraction of sp³-hybridized carbons (Fsp3) is 0.333. The average molecular weight is 369 g/mol. The van der Waals surface area contributed by atoms with Gasteiger partial charge in [-0.1, -0.05) is 36.4 Å². The van der Waals surface area contributed by atoms with Gasteiger partial charge in [-0.05, 0) is 56.6 Å². The first-order chi connectivity index (χ1) is 11.1. The molecule has 0 bridgehead atoms. The molecule has 0 fully saturated rings. The monoisotopic (exact) mass is 368 g/mol. The lowest BCUT2D eigenvalue weighted by Gasteiger charge is -2.53. The van der Waals surface area contributed by atoms with Crippen molar-refractivity contribution in [1.29, 1.82) is 0 Å². The summed E-state index contributed by atoms with van der Waals surface area (Å²) in [7, 11) is -0.985. The molecule has 3 N–H and O–H groups in total. The molecule has 0 saturated heterocycles. The molecule has 1 aliphatic rings. The highest BCUT2D eigenvalue weighted by Gasteiger charge is 2.38. The summed E-state index contributed by atoms with van der Waals surface area (Å²) in [6.07, 6.45) is 2.44. The molecule has 0 aliphatic carbocycles. The summed E-state index contributed by atoms with van der Waals surface area (Å²) < 4.78 is 23.8. The second-order valence-corrected chi connectivity index (χ2v) is 8.05. The Morgan fingerprint density at radius 1 is 1.08 bits per heavy atom. The van der Waals surface area contributed by atoms with Crippen LogP contribution in [0.15, 0.2) is 54.6 Å². The zero-order valence-corrected chi connectivity index (χ0v) is 15.4. The van der Waals surface area contributed by atoms with Crippen LogP contribution >= 0.6 is 23.2 Å². The molecule has 1 aliphatic heterocycles. The van der Waals surface area contributed by atoms with Crippen molar-refractivity contribution >= 4 is 34.6 Å². The topological polar surface area (TPSA) is 55.7 Å². The fourth-order valence-electron chi connectivity index (χ4n) is 3.16. The summed E-state index contributed by atoms with van der Waals surface area (Å²) in [5, 5.41) is 2.98. The molecule has 0 amide bonds. The smallest absolute Gasteiger partial charge is 0.0733 e. The molecule has 4 nitrogen and oxygen atoms in total. The third-order valence-electron chi connectivity index (χ3n) is 4.32. The number of anilines is 2. The Hall–Kier alpha value is -1.24. The molecular formula is C18H25ClN2O2S. The summed E-state index contributed by atoms with van der Waals surface area (Å²) in [5.41, 5.74) is 2.92. The van der Waals surface area contributed by atoms with Crippen molar-refractivity contribution in [2.24, 2.45) is 0 Å². The number of para-hydroxylation sites is 2. The maximum Gasteiger partial charge on any atom is 0.0733 e. The van der Waals surface area contributed by atoms with Crippen molar-refractivity contribution in [2.75, 3.05) is 17.9 Å². The first-order valence-electron chi connectivity index (χ1n) is 7.99. The Bertz CT molecular complexity index is 654. The SMILES string of the molecule is CNCCC[C@H]1Cc2ccccc2N(c2ccccc2)S1(O)O.Cl. The van der Waals surface area contributed by atoms with Gasteiger partial charge in [0.1, 0.15) is 0 Å². The van der Waals surface area contributed by atoms with Gasteiger partial charge < -0.3 is 5.32 Å². The quantitative estimate of drug-likeness (QED) is 0.661. The molecule has 0 radical (unpaired) electrons. The number of rotatable bonds is 5. The maximum atomic E-state index is 11.0. The first kappa shape index (κ1) is 19.1. The number of halogens is 1. The molecule has 6 heteroatoms. The van der Waals surface area contributed by atoms with Crippen LogP contribution in [0.4, 0.5) is 11.4 Å². The highest BCUT2D eigenvalue weighted by atomic mass is 35.5. The van der Waals surface area contributed by atoms with E-state index in [9.17, 15) is 9.11 Å². The largest absolute Gasteiger partial charge is 0.320 e. The second-order valence-electron chi connectivity index (χ2n) is 5.89. The normalized spacial score (nSPS) is 20.0. The number of nitrogens with one attached hydrogen (secondary N) is 1. The van der Waals surface area contributed by atoms with E-state index in [1.807, 2.05) is 55.6 Å².